The van der Waals surface area contributed by atoms with E-state index < -0.39 is 11.4 Å². The molecule has 1 aliphatic rings. The van der Waals surface area contributed by atoms with Crippen LogP contribution in [0, 0.1) is 12.7 Å². The highest BCUT2D eigenvalue weighted by Gasteiger charge is 2.40. The standard InChI is InChI=1S/C14H19FN2O2/c1-4-17(3)9-16-13-6-12(15)11(5-10(13)2)14(18)7-19-8-14/h5-6,9,18H,4,7-8H2,1-3H3. The van der Waals surface area contributed by atoms with E-state index >= 15 is 0 Å². The van der Waals surface area contributed by atoms with E-state index in [1.54, 1.807) is 12.4 Å². The number of aryl methyl sites for hydroxylation is 1. The van der Waals surface area contributed by atoms with Crippen LogP contribution >= 0.6 is 0 Å². The Morgan fingerprint density at radius 2 is 2.21 bits per heavy atom. The number of benzene rings is 1. The lowest BCUT2D eigenvalue weighted by atomic mass is 9.90. The number of halogens is 1. The van der Waals surface area contributed by atoms with Gasteiger partial charge < -0.3 is 14.7 Å². The summed E-state index contributed by atoms with van der Waals surface area (Å²) >= 11 is 0. The van der Waals surface area contributed by atoms with Crippen molar-refractivity contribution in [2.24, 2.45) is 4.99 Å². The monoisotopic (exact) mass is 266 g/mol. The topological polar surface area (TPSA) is 45.1 Å². The van der Waals surface area contributed by atoms with Gasteiger partial charge in [-0.05, 0) is 25.5 Å². The minimum atomic E-state index is -1.18. The van der Waals surface area contributed by atoms with E-state index in [-0.39, 0.29) is 13.2 Å². The molecule has 0 atom stereocenters. The van der Waals surface area contributed by atoms with Crippen molar-refractivity contribution in [2.45, 2.75) is 19.4 Å². The Bertz CT molecular complexity index is 498. The second-order valence-electron chi connectivity index (χ2n) is 4.96. The van der Waals surface area contributed by atoms with Crippen LogP contribution in [0.2, 0.25) is 0 Å². The van der Waals surface area contributed by atoms with Crippen LogP contribution in [-0.2, 0) is 10.3 Å². The molecule has 0 unspecified atom stereocenters. The molecule has 0 aromatic heterocycles. The SMILES string of the molecule is CCN(C)C=Nc1cc(F)c(C2(O)COC2)cc1C. The normalized spacial score (nSPS) is 17.5. The van der Waals surface area contributed by atoms with E-state index in [1.807, 2.05) is 25.8 Å². The lowest BCUT2D eigenvalue weighted by molar-refractivity contribution is -0.186. The molecule has 1 fully saturated rings. The molecule has 0 bridgehead atoms. The zero-order valence-corrected chi connectivity index (χ0v) is 11.5. The summed E-state index contributed by atoms with van der Waals surface area (Å²) in [6.45, 7) is 4.98. The number of hydrogen-bond acceptors (Lipinski definition) is 3. The number of rotatable bonds is 4. The molecule has 1 aromatic carbocycles. The molecule has 5 heteroatoms. The summed E-state index contributed by atoms with van der Waals surface area (Å²) in [6.07, 6.45) is 1.67. The van der Waals surface area contributed by atoms with Crippen molar-refractivity contribution in [2.75, 3.05) is 26.8 Å². The minimum absolute atomic E-state index is 0.143. The molecule has 2 rings (SSSR count). The third-order valence-electron chi connectivity index (χ3n) is 3.36. The lowest BCUT2D eigenvalue weighted by Crippen LogP contribution is -2.47. The number of aliphatic imine (C=N–C) groups is 1. The van der Waals surface area contributed by atoms with Crippen molar-refractivity contribution in [3.05, 3.63) is 29.1 Å². The van der Waals surface area contributed by atoms with Crippen LogP contribution in [0.25, 0.3) is 0 Å². The van der Waals surface area contributed by atoms with Gasteiger partial charge in [0.1, 0.15) is 11.4 Å². The highest BCUT2D eigenvalue weighted by Crippen LogP contribution is 2.34. The molecule has 0 spiro atoms. The van der Waals surface area contributed by atoms with Crippen molar-refractivity contribution in [1.82, 2.24) is 4.90 Å². The number of aliphatic hydroxyl groups is 1. The first-order valence-corrected chi connectivity index (χ1v) is 6.31. The number of ether oxygens (including phenoxy) is 1. The smallest absolute Gasteiger partial charge is 0.139 e. The first kappa shape index (κ1) is 14.0. The van der Waals surface area contributed by atoms with Gasteiger partial charge in [-0.15, -0.1) is 0 Å². The molecule has 1 heterocycles. The second-order valence-corrected chi connectivity index (χ2v) is 4.96. The van der Waals surface area contributed by atoms with E-state index in [2.05, 4.69) is 4.99 Å². The Hall–Kier alpha value is -1.46. The van der Waals surface area contributed by atoms with Crippen molar-refractivity contribution >= 4 is 12.0 Å². The largest absolute Gasteiger partial charge is 0.380 e. The quantitative estimate of drug-likeness (QED) is 0.669. The zero-order chi connectivity index (χ0) is 14.0. The Balaban J connectivity index is 2.29. The summed E-state index contributed by atoms with van der Waals surface area (Å²) in [5.41, 5.74) is 0.513. The number of nitrogens with zero attached hydrogens (tertiary/aromatic N) is 2. The van der Waals surface area contributed by atoms with Gasteiger partial charge in [0.2, 0.25) is 0 Å². The Kier molecular flexibility index (Phi) is 3.87. The van der Waals surface area contributed by atoms with Crippen molar-refractivity contribution in [3.63, 3.8) is 0 Å². The molecule has 0 amide bonds. The van der Waals surface area contributed by atoms with E-state index in [4.69, 9.17) is 4.74 Å². The molecular weight excluding hydrogens is 247 g/mol. The van der Waals surface area contributed by atoms with Crippen LogP contribution in [0.5, 0.6) is 0 Å². The van der Waals surface area contributed by atoms with Gasteiger partial charge in [-0.25, -0.2) is 9.38 Å². The molecule has 1 aromatic rings. The van der Waals surface area contributed by atoms with Gasteiger partial charge in [0.05, 0.1) is 25.2 Å². The Morgan fingerprint density at radius 3 is 2.74 bits per heavy atom. The van der Waals surface area contributed by atoms with Gasteiger partial charge >= 0.3 is 0 Å². The highest BCUT2D eigenvalue weighted by atomic mass is 19.1. The summed E-state index contributed by atoms with van der Waals surface area (Å²) in [7, 11) is 1.90. The summed E-state index contributed by atoms with van der Waals surface area (Å²) in [5, 5.41) is 10.1. The average Bonchev–Trinajstić information content (AvgIpc) is 2.36. The van der Waals surface area contributed by atoms with Crippen LogP contribution in [0.4, 0.5) is 10.1 Å². The fourth-order valence-corrected chi connectivity index (χ4v) is 1.86. The first-order chi connectivity index (χ1) is 8.96. The third-order valence-corrected chi connectivity index (χ3v) is 3.36. The highest BCUT2D eigenvalue weighted by molar-refractivity contribution is 5.63. The van der Waals surface area contributed by atoms with Crippen LogP contribution in [0.15, 0.2) is 17.1 Å². The Morgan fingerprint density at radius 1 is 1.53 bits per heavy atom. The van der Waals surface area contributed by atoms with Crippen molar-refractivity contribution in [3.8, 4) is 0 Å². The average molecular weight is 266 g/mol. The van der Waals surface area contributed by atoms with Gasteiger partial charge in [0.15, 0.2) is 0 Å². The summed E-state index contributed by atoms with van der Waals surface area (Å²) < 4.78 is 19.0. The fourth-order valence-electron chi connectivity index (χ4n) is 1.86. The summed E-state index contributed by atoms with van der Waals surface area (Å²) in [4.78, 5) is 6.15. The Labute approximate surface area is 112 Å². The maximum atomic E-state index is 14.0. The molecule has 0 aliphatic carbocycles. The van der Waals surface area contributed by atoms with Crippen molar-refractivity contribution < 1.29 is 14.2 Å². The maximum absolute atomic E-state index is 14.0. The van der Waals surface area contributed by atoms with E-state index in [0.29, 0.717) is 11.3 Å². The van der Waals surface area contributed by atoms with Gasteiger partial charge in [-0.1, -0.05) is 0 Å². The van der Waals surface area contributed by atoms with Crippen LogP contribution in [-0.4, -0.2) is 43.2 Å². The predicted octanol–water partition coefficient (Wildman–Crippen LogP) is 1.96. The molecule has 0 saturated carbocycles. The lowest BCUT2D eigenvalue weighted by Gasteiger charge is -2.37. The van der Waals surface area contributed by atoms with E-state index in [9.17, 15) is 9.50 Å². The maximum Gasteiger partial charge on any atom is 0.139 e. The molecule has 1 saturated heterocycles. The van der Waals surface area contributed by atoms with E-state index in [1.165, 1.54) is 6.07 Å². The van der Waals surface area contributed by atoms with Crippen LogP contribution < -0.4 is 0 Å². The minimum Gasteiger partial charge on any atom is -0.380 e. The molecule has 1 aliphatic heterocycles. The molecule has 4 nitrogen and oxygen atoms in total. The molecule has 0 radical (unpaired) electrons. The molecular formula is C14H19FN2O2. The van der Waals surface area contributed by atoms with E-state index in [0.717, 1.165) is 12.1 Å². The predicted molar refractivity (Wildman–Crippen MR) is 72.3 cm³/mol. The molecule has 19 heavy (non-hydrogen) atoms. The van der Waals surface area contributed by atoms with Gasteiger partial charge in [-0.3, -0.25) is 0 Å². The van der Waals surface area contributed by atoms with Gasteiger partial charge in [0.25, 0.3) is 0 Å². The van der Waals surface area contributed by atoms with Crippen LogP contribution in [0.3, 0.4) is 0 Å². The second kappa shape index (κ2) is 5.27. The van der Waals surface area contributed by atoms with Gasteiger partial charge in [0, 0.05) is 25.2 Å². The van der Waals surface area contributed by atoms with Crippen LogP contribution in [0.1, 0.15) is 18.1 Å². The summed E-state index contributed by atoms with van der Waals surface area (Å²) in [5.74, 6) is -0.442. The third kappa shape index (κ3) is 2.77. The summed E-state index contributed by atoms with van der Waals surface area (Å²) in [6, 6.07) is 3.01. The molecule has 104 valence electrons. The number of hydrogen-bond donors (Lipinski definition) is 1. The van der Waals surface area contributed by atoms with Gasteiger partial charge in [-0.2, -0.15) is 0 Å². The zero-order valence-electron chi connectivity index (χ0n) is 11.5. The fraction of sp³-hybridized carbons (Fsp3) is 0.500. The van der Waals surface area contributed by atoms with Crippen molar-refractivity contribution in [1.29, 1.82) is 0 Å². The first-order valence-electron chi connectivity index (χ1n) is 6.31. The molecule has 1 N–H and O–H groups in total.